The minimum atomic E-state index is -1.77. The van der Waals surface area contributed by atoms with Gasteiger partial charge in [0, 0.05) is 13.0 Å². The van der Waals surface area contributed by atoms with E-state index >= 15 is 0 Å². The highest BCUT2D eigenvalue weighted by Crippen LogP contribution is 2.18. The highest BCUT2D eigenvalue weighted by molar-refractivity contribution is 5.72. The van der Waals surface area contributed by atoms with Crippen LogP contribution in [0.2, 0.25) is 0 Å². The highest BCUT2D eigenvalue weighted by Gasteiger charge is 2.24. The fraction of sp³-hybridized carbons (Fsp3) is 0.857. The monoisotopic (exact) mass is 162 g/mol. The molecule has 0 aliphatic carbocycles. The molecule has 1 fully saturated rings. The molecule has 64 valence electrons. The van der Waals surface area contributed by atoms with Crippen LogP contribution in [-0.2, 0) is 9.53 Å². The Labute approximate surface area is 64.2 Å². The first kappa shape index (κ1) is 8.46. The molecule has 0 aromatic heterocycles. The summed E-state index contributed by atoms with van der Waals surface area (Å²) in [6.45, 7) is 0.636. The Morgan fingerprint density at radius 2 is 2.55 bits per heavy atom. The van der Waals surface area contributed by atoms with Crippen molar-refractivity contribution in [2.75, 3.05) is 6.61 Å². The lowest BCUT2D eigenvalue weighted by Crippen LogP contribution is -2.21. The van der Waals surface area contributed by atoms with Crippen LogP contribution in [0.3, 0.4) is 0 Å². The standard InChI is InChI=1S/C7H11FO3/c8-6(7(9)10)4-5-2-1-3-11-5/h5-6H,1-4H2,(H,9,10)/t5-,6+/m0/s1. The molecule has 0 spiro atoms. The molecule has 4 heteroatoms. The maximum Gasteiger partial charge on any atom is 0.338 e. The molecule has 11 heavy (non-hydrogen) atoms. The molecule has 0 unspecified atom stereocenters. The average Bonchev–Trinajstić information content (AvgIpc) is 2.39. The van der Waals surface area contributed by atoms with E-state index in [0.717, 1.165) is 12.8 Å². The normalized spacial score (nSPS) is 26.8. The summed E-state index contributed by atoms with van der Waals surface area (Å²) in [6.07, 6.45) is -0.251. The predicted octanol–water partition coefficient (Wildman–Crippen LogP) is 0.978. The first-order valence-corrected chi connectivity index (χ1v) is 3.68. The lowest BCUT2D eigenvalue weighted by molar-refractivity contribution is -0.144. The van der Waals surface area contributed by atoms with Crippen LogP contribution in [0.25, 0.3) is 0 Å². The van der Waals surface area contributed by atoms with Gasteiger partial charge in [-0.25, -0.2) is 9.18 Å². The van der Waals surface area contributed by atoms with Crippen molar-refractivity contribution in [2.45, 2.75) is 31.5 Å². The van der Waals surface area contributed by atoms with E-state index in [1.165, 1.54) is 0 Å². The topological polar surface area (TPSA) is 46.5 Å². The summed E-state index contributed by atoms with van der Waals surface area (Å²) in [5.74, 6) is -1.39. The summed E-state index contributed by atoms with van der Waals surface area (Å²) in [5.41, 5.74) is 0. The van der Waals surface area contributed by atoms with Crippen LogP contribution in [0.4, 0.5) is 4.39 Å². The molecular weight excluding hydrogens is 151 g/mol. The molecule has 0 aromatic carbocycles. The van der Waals surface area contributed by atoms with Crippen molar-refractivity contribution in [2.24, 2.45) is 0 Å². The van der Waals surface area contributed by atoms with Crippen molar-refractivity contribution in [3.63, 3.8) is 0 Å². The van der Waals surface area contributed by atoms with Crippen molar-refractivity contribution in [1.29, 1.82) is 0 Å². The third-order valence-corrected chi connectivity index (χ3v) is 1.76. The molecule has 2 atom stereocenters. The van der Waals surface area contributed by atoms with Crippen molar-refractivity contribution < 1.29 is 19.0 Å². The largest absolute Gasteiger partial charge is 0.479 e. The van der Waals surface area contributed by atoms with Crippen LogP contribution in [0.5, 0.6) is 0 Å². The zero-order chi connectivity index (χ0) is 8.27. The number of aliphatic carboxylic acids is 1. The number of ether oxygens (including phenoxy) is 1. The van der Waals surface area contributed by atoms with Gasteiger partial charge in [0.1, 0.15) is 0 Å². The predicted molar refractivity (Wildman–Crippen MR) is 36.1 cm³/mol. The van der Waals surface area contributed by atoms with Gasteiger partial charge < -0.3 is 9.84 Å². The quantitative estimate of drug-likeness (QED) is 0.672. The Hall–Kier alpha value is -0.640. The van der Waals surface area contributed by atoms with Gasteiger partial charge >= 0.3 is 5.97 Å². The van der Waals surface area contributed by atoms with Crippen LogP contribution < -0.4 is 0 Å². The van der Waals surface area contributed by atoms with Crippen LogP contribution >= 0.6 is 0 Å². The van der Waals surface area contributed by atoms with Gasteiger partial charge in [0.05, 0.1) is 6.10 Å². The number of carboxylic acid groups (broad SMARTS) is 1. The first-order chi connectivity index (χ1) is 5.20. The van der Waals surface area contributed by atoms with E-state index in [4.69, 9.17) is 9.84 Å². The fourth-order valence-electron chi connectivity index (χ4n) is 1.16. The maximum absolute atomic E-state index is 12.5. The van der Waals surface area contributed by atoms with Gasteiger partial charge in [-0.1, -0.05) is 0 Å². The third-order valence-electron chi connectivity index (χ3n) is 1.76. The van der Waals surface area contributed by atoms with E-state index in [1.807, 2.05) is 0 Å². The number of alkyl halides is 1. The van der Waals surface area contributed by atoms with Gasteiger partial charge in [-0.3, -0.25) is 0 Å². The molecule has 3 nitrogen and oxygen atoms in total. The molecular formula is C7H11FO3. The number of hydrogen-bond acceptors (Lipinski definition) is 2. The molecule has 1 N–H and O–H groups in total. The number of hydrogen-bond donors (Lipinski definition) is 1. The number of carbonyl (C=O) groups is 1. The van der Waals surface area contributed by atoms with E-state index in [0.29, 0.717) is 6.61 Å². The zero-order valence-corrected chi connectivity index (χ0v) is 6.12. The average molecular weight is 162 g/mol. The van der Waals surface area contributed by atoms with Crippen molar-refractivity contribution in [3.05, 3.63) is 0 Å². The Morgan fingerprint density at radius 1 is 1.82 bits per heavy atom. The Morgan fingerprint density at radius 3 is 3.00 bits per heavy atom. The van der Waals surface area contributed by atoms with Gasteiger partial charge in [0.15, 0.2) is 6.17 Å². The lowest BCUT2D eigenvalue weighted by Gasteiger charge is -2.09. The smallest absolute Gasteiger partial charge is 0.338 e. The molecule has 1 aliphatic rings. The van der Waals surface area contributed by atoms with Crippen LogP contribution in [0, 0.1) is 0 Å². The van der Waals surface area contributed by atoms with E-state index in [-0.39, 0.29) is 12.5 Å². The second kappa shape index (κ2) is 3.67. The Kier molecular flexibility index (Phi) is 2.82. The fourth-order valence-corrected chi connectivity index (χ4v) is 1.16. The summed E-state index contributed by atoms with van der Waals surface area (Å²) in [7, 11) is 0. The maximum atomic E-state index is 12.5. The molecule has 0 amide bonds. The van der Waals surface area contributed by atoms with Gasteiger partial charge in [-0.15, -0.1) is 0 Å². The second-order valence-corrected chi connectivity index (χ2v) is 2.68. The number of rotatable bonds is 3. The first-order valence-electron chi connectivity index (χ1n) is 3.68. The van der Waals surface area contributed by atoms with Gasteiger partial charge in [-0.2, -0.15) is 0 Å². The molecule has 0 saturated carbocycles. The van der Waals surface area contributed by atoms with Gasteiger partial charge in [0.2, 0.25) is 0 Å². The number of carboxylic acids is 1. The zero-order valence-electron chi connectivity index (χ0n) is 6.12. The summed E-state index contributed by atoms with van der Waals surface area (Å²) < 4.78 is 17.6. The third kappa shape index (κ3) is 2.46. The molecule has 1 saturated heterocycles. The van der Waals surface area contributed by atoms with Gasteiger partial charge in [-0.05, 0) is 12.8 Å². The van der Waals surface area contributed by atoms with E-state index < -0.39 is 12.1 Å². The lowest BCUT2D eigenvalue weighted by atomic mass is 10.1. The minimum Gasteiger partial charge on any atom is -0.479 e. The van der Waals surface area contributed by atoms with Crippen molar-refractivity contribution in [1.82, 2.24) is 0 Å². The van der Waals surface area contributed by atoms with E-state index in [2.05, 4.69) is 0 Å². The molecule has 0 radical (unpaired) electrons. The van der Waals surface area contributed by atoms with Crippen molar-refractivity contribution >= 4 is 5.97 Å². The van der Waals surface area contributed by atoms with Crippen molar-refractivity contribution in [3.8, 4) is 0 Å². The molecule has 1 aliphatic heterocycles. The summed E-state index contributed by atoms with van der Waals surface area (Å²) in [6, 6.07) is 0. The SMILES string of the molecule is O=C(O)[C@H](F)C[C@@H]1CCCO1. The Balaban J connectivity index is 2.23. The summed E-state index contributed by atoms with van der Waals surface area (Å²) in [4.78, 5) is 10.1. The van der Waals surface area contributed by atoms with Crippen LogP contribution in [-0.4, -0.2) is 30.0 Å². The second-order valence-electron chi connectivity index (χ2n) is 2.68. The van der Waals surface area contributed by atoms with Crippen LogP contribution in [0.15, 0.2) is 0 Å². The molecule has 0 aromatic rings. The van der Waals surface area contributed by atoms with E-state index in [1.54, 1.807) is 0 Å². The van der Waals surface area contributed by atoms with Crippen LogP contribution in [0.1, 0.15) is 19.3 Å². The summed E-state index contributed by atoms with van der Waals surface area (Å²) in [5, 5.41) is 8.21. The van der Waals surface area contributed by atoms with E-state index in [9.17, 15) is 9.18 Å². The highest BCUT2D eigenvalue weighted by atomic mass is 19.1. The number of halogens is 1. The summed E-state index contributed by atoms with van der Waals surface area (Å²) >= 11 is 0. The molecule has 1 rings (SSSR count). The molecule has 1 heterocycles. The van der Waals surface area contributed by atoms with Gasteiger partial charge in [0.25, 0.3) is 0 Å². The molecule has 0 bridgehead atoms. The minimum absolute atomic E-state index is 0.00463. The Bertz CT molecular complexity index is 143.